The second kappa shape index (κ2) is 5.96. The van der Waals surface area contributed by atoms with Gasteiger partial charge in [0, 0.05) is 32.2 Å². The lowest BCUT2D eigenvalue weighted by Gasteiger charge is -2.35. The van der Waals surface area contributed by atoms with Crippen LogP contribution in [0.2, 0.25) is 0 Å². The Morgan fingerprint density at radius 3 is 2.96 bits per heavy atom. The van der Waals surface area contributed by atoms with Crippen LogP contribution in [0.5, 0.6) is 0 Å². The molecule has 1 aromatic heterocycles. The Hall–Kier alpha value is -1.89. The smallest absolute Gasteiger partial charge is 0.258 e. The van der Waals surface area contributed by atoms with E-state index in [9.17, 15) is 9.59 Å². The molecule has 1 aliphatic carbocycles. The monoisotopic (exact) mass is 317 g/mol. The highest BCUT2D eigenvalue weighted by atomic mass is 16.2. The normalized spacial score (nSPS) is 24.2. The van der Waals surface area contributed by atoms with E-state index in [1.54, 1.807) is 11.1 Å². The fraction of sp³-hybridized carbons (Fsp3) is 0.688. The Balaban J connectivity index is 1.55. The number of nitrogens with one attached hydrogen (secondary N) is 2. The molecule has 0 aromatic carbocycles. The van der Waals surface area contributed by atoms with Gasteiger partial charge in [-0.2, -0.15) is 5.10 Å². The average Bonchev–Trinajstić information content (AvgIpc) is 3.30. The molecule has 3 heterocycles. The van der Waals surface area contributed by atoms with Crippen LogP contribution in [0, 0.1) is 0 Å². The van der Waals surface area contributed by atoms with Crippen molar-refractivity contribution >= 4 is 11.8 Å². The van der Waals surface area contributed by atoms with Crippen LogP contribution in [0.3, 0.4) is 0 Å². The number of fused-ring (bicyclic) bond motifs is 1. The molecule has 1 aromatic rings. The summed E-state index contributed by atoms with van der Waals surface area (Å²) in [5, 5.41) is 10.6. The fourth-order valence-electron chi connectivity index (χ4n) is 3.46. The van der Waals surface area contributed by atoms with Gasteiger partial charge in [0.1, 0.15) is 6.04 Å². The van der Waals surface area contributed by atoms with Gasteiger partial charge in [0.2, 0.25) is 5.91 Å². The Labute approximate surface area is 135 Å². The molecular weight excluding hydrogens is 294 g/mol. The summed E-state index contributed by atoms with van der Waals surface area (Å²) < 4.78 is 1.94. The third kappa shape index (κ3) is 2.85. The van der Waals surface area contributed by atoms with E-state index in [0.717, 1.165) is 50.9 Å². The van der Waals surface area contributed by atoms with Crippen molar-refractivity contribution in [2.45, 2.75) is 50.7 Å². The van der Waals surface area contributed by atoms with E-state index in [1.807, 2.05) is 4.68 Å². The lowest BCUT2D eigenvalue weighted by Crippen LogP contribution is -2.59. The van der Waals surface area contributed by atoms with E-state index in [1.165, 1.54) is 0 Å². The zero-order valence-corrected chi connectivity index (χ0v) is 13.3. The predicted octanol–water partition coefficient (Wildman–Crippen LogP) is -0.0880. The molecule has 2 amide bonds. The van der Waals surface area contributed by atoms with Gasteiger partial charge < -0.3 is 15.5 Å². The molecule has 124 valence electrons. The lowest BCUT2D eigenvalue weighted by molar-refractivity contribution is -0.126. The molecule has 2 aliphatic heterocycles. The molecule has 0 radical (unpaired) electrons. The summed E-state index contributed by atoms with van der Waals surface area (Å²) in [6.45, 7) is 2.69. The van der Waals surface area contributed by atoms with Gasteiger partial charge in [0.15, 0.2) is 0 Å². The van der Waals surface area contributed by atoms with Crippen molar-refractivity contribution in [2.24, 2.45) is 0 Å². The van der Waals surface area contributed by atoms with Gasteiger partial charge in [-0.1, -0.05) is 0 Å². The van der Waals surface area contributed by atoms with E-state index in [-0.39, 0.29) is 11.8 Å². The van der Waals surface area contributed by atoms with Crippen molar-refractivity contribution < 1.29 is 9.59 Å². The number of aromatic nitrogens is 2. The second-order valence-corrected chi connectivity index (χ2v) is 6.69. The zero-order valence-electron chi connectivity index (χ0n) is 13.3. The van der Waals surface area contributed by atoms with Gasteiger partial charge in [-0.25, -0.2) is 0 Å². The van der Waals surface area contributed by atoms with Crippen LogP contribution in [-0.2, 0) is 17.8 Å². The Morgan fingerprint density at radius 2 is 2.13 bits per heavy atom. The van der Waals surface area contributed by atoms with Crippen LogP contribution in [0.1, 0.15) is 41.7 Å². The van der Waals surface area contributed by atoms with Crippen LogP contribution in [0.25, 0.3) is 0 Å². The summed E-state index contributed by atoms with van der Waals surface area (Å²) in [5.41, 5.74) is 1.71. The van der Waals surface area contributed by atoms with Crippen LogP contribution in [0.15, 0.2) is 6.20 Å². The third-order valence-electron chi connectivity index (χ3n) is 4.94. The zero-order chi connectivity index (χ0) is 15.8. The minimum absolute atomic E-state index is 0.0333. The first kappa shape index (κ1) is 14.7. The first-order valence-corrected chi connectivity index (χ1v) is 8.61. The quantitative estimate of drug-likeness (QED) is 0.817. The third-order valence-corrected chi connectivity index (χ3v) is 4.94. The van der Waals surface area contributed by atoms with Gasteiger partial charge in [-0.05, 0) is 32.1 Å². The van der Waals surface area contributed by atoms with E-state index >= 15 is 0 Å². The Bertz CT molecular complexity index is 622. The number of piperazine rings is 1. The van der Waals surface area contributed by atoms with Gasteiger partial charge >= 0.3 is 0 Å². The molecule has 1 saturated heterocycles. The summed E-state index contributed by atoms with van der Waals surface area (Å²) in [6.07, 6.45) is 6.89. The highest BCUT2D eigenvalue weighted by Crippen LogP contribution is 2.22. The molecule has 7 heteroatoms. The number of hydrogen-bond acceptors (Lipinski definition) is 4. The summed E-state index contributed by atoms with van der Waals surface area (Å²) >= 11 is 0. The molecule has 0 spiro atoms. The van der Waals surface area contributed by atoms with E-state index in [2.05, 4.69) is 15.7 Å². The largest absolute Gasteiger partial charge is 0.352 e. The Morgan fingerprint density at radius 1 is 1.26 bits per heavy atom. The van der Waals surface area contributed by atoms with E-state index < -0.39 is 6.04 Å². The number of rotatable bonds is 3. The summed E-state index contributed by atoms with van der Waals surface area (Å²) in [6, 6.07) is -0.110. The number of amides is 2. The Kier molecular flexibility index (Phi) is 3.80. The summed E-state index contributed by atoms with van der Waals surface area (Å²) in [7, 11) is 0. The first-order chi connectivity index (χ1) is 11.2. The molecule has 7 nitrogen and oxygen atoms in total. The van der Waals surface area contributed by atoms with Crippen LogP contribution in [-0.4, -0.2) is 58.2 Å². The molecule has 2 N–H and O–H groups in total. The maximum Gasteiger partial charge on any atom is 0.258 e. The van der Waals surface area contributed by atoms with Crippen molar-refractivity contribution in [2.75, 3.05) is 19.6 Å². The molecule has 1 atom stereocenters. The van der Waals surface area contributed by atoms with Crippen molar-refractivity contribution in [3.63, 3.8) is 0 Å². The topological polar surface area (TPSA) is 79.3 Å². The highest BCUT2D eigenvalue weighted by molar-refractivity contribution is 5.98. The average molecular weight is 317 g/mol. The van der Waals surface area contributed by atoms with Crippen LogP contribution >= 0.6 is 0 Å². The van der Waals surface area contributed by atoms with Crippen molar-refractivity contribution in [3.05, 3.63) is 17.5 Å². The molecule has 0 unspecified atom stereocenters. The standard InChI is InChI=1S/C16H23N5O2/c22-15(19-11-4-5-11)14-10-17-6-8-20(14)16(23)12-9-18-21-7-2-1-3-13(12)21/h9,11,14,17H,1-8,10H2,(H,19,22)/t14-/m1/s1. The van der Waals surface area contributed by atoms with Gasteiger partial charge in [0.25, 0.3) is 5.91 Å². The molecular formula is C16H23N5O2. The molecule has 4 rings (SSSR count). The van der Waals surface area contributed by atoms with Gasteiger partial charge in [0.05, 0.1) is 17.5 Å². The number of aryl methyl sites for hydroxylation is 1. The minimum Gasteiger partial charge on any atom is -0.352 e. The number of nitrogens with zero attached hydrogens (tertiary/aromatic N) is 3. The van der Waals surface area contributed by atoms with E-state index in [4.69, 9.17) is 0 Å². The maximum absolute atomic E-state index is 13.0. The second-order valence-electron chi connectivity index (χ2n) is 6.69. The van der Waals surface area contributed by atoms with Crippen LogP contribution < -0.4 is 10.6 Å². The lowest BCUT2D eigenvalue weighted by atomic mass is 10.0. The number of hydrogen-bond donors (Lipinski definition) is 2. The molecule has 1 saturated carbocycles. The van der Waals surface area contributed by atoms with Crippen LogP contribution in [0.4, 0.5) is 0 Å². The van der Waals surface area contributed by atoms with E-state index in [0.29, 0.717) is 24.7 Å². The molecule has 23 heavy (non-hydrogen) atoms. The molecule has 2 fully saturated rings. The first-order valence-electron chi connectivity index (χ1n) is 8.61. The SMILES string of the molecule is O=C(NC1CC1)[C@H]1CNCCN1C(=O)c1cnn2c1CCCC2. The highest BCUT2D eigenvalue weighted by Gasteiger charge is 2.36. The van der Waals surface area contributed by atoms with Gasteiger partial charge in [-0.3, -0.25) is 14.3 Å². The summed E-state index contributed by atoms with van der Waals surface area (Å²) in [5.74, 6) is -0.0836. The van der Waals surface area contributed by atoms with Crippen molar-refractivity contribution in [1.82, 2.24) is 25.3 Å². The molecule has 0 bridgehead atoms. The van der Waals surface area contributed by atoms with Gasteiger partial charge in [-0.15, -0.1) is 0 Å². The van der Waals surface area contributed by atoms with Crippen molar-refractivity contribution in [3.8, 4) is 0 Å². The number of carbonyl (C=O) groups is 2. The molecule has 3 aliphatic rings. The minimum atomic E-state index is -0.420. The predicted molar refractivity (Wildman–Crippen MR) is 84.0 cm³/mol. The van der Waals surface area contributed by atoms with Crippen molar-refractivity contribution in [1.29, 1.82) is 0 Å². The number of carbonyl (C=O) groups excluding carboxylic acids is 2. The maximum atomic E-state index is 13.0. The fourth-order valence-corrected chi connectivity index (χ4v) is 3.46. The summed E-state index contributed by atoms with van der Waals surface area (Å²) in [4.78, 5) is 27.2.